The van der Waals surface area contributed by atoms with Crippen molar-refractivity contribution >= 4 is 0 Å². The lowest BCUT2D eigenvalue weighted by molar-refractivity contribution is -0.0847. The second-order valence-electron chi connectivity index (χ2n) is 6.42. The molecule has 1 aliphatic heterocycles. The fraction of sp³-hybridized carbons (Fsp3) is 0.867. The van der Waals surface area contributed by atoms with E-state index in [2.05, 4.69) is 22.4 Å². The number of hydrogen-bond acceptors (Lipinski definition) is 6. The maximum atomic E-state index is 9.60. The molecular weight excluding hydrogens is 270 g/mol. The van der Waals surface area contributed by atoms with Gasteiger partial charge in [0.1, 0.15) is 5.60 Å². The highest BCUT2D eigenvalue weighted by atomic mass is 16.5. The molecule has 1 aromatic rings. The summed E-state index contributed by atoms with van der Waals surface area (Å²) in [6, 6.07) is -0.0394. The Kier molecular flexibility index (Phi) is 4.28. The summed E-state index contributed by atoms with van der Waals surface area (Å²) in [6.07, 6.45) is 4.44. The third-order valence-electron chi connectivity index (χ3n) is 4.76. The quantitative estimate of drug-likeness (QED) is 0.883. The van der Waals surface area contributed by atoms with Crippen LogP contribution in [0.1, 0.15) is 63.7 Å². The van der Waals surface area contributed by atoms with E-state index < -0.39 is 0 Å². The number of β-amino-alcohol motifs (C(OH)–C–C–N with tert-alkyl or cyclic N) is 1. The first-order valence-corrected chi connectivity index (χ1v) is 8.02. The number of ether oxygens (including phenoxy) is 1. The fourth-order valence-corrected chi connectivity index (χ4v) is 3.40. The molecular formula is C15H25N3O3. The normalized spacial score (nSPS) is 37.0. The van der Waals surface area contributed by atoms with E-state index in [1.54, 1.807) is 0 Å². The summed E-state index contributed by atoms with van der Waals surface area (Å²) in [5.74, 6) is 1.98. The van der Waals surface area contributed by atoms with Crippen LogP contribution >= 0.6 is 0 Å². The maximum absolute atomic E-state index is 9.60. The van der Waals surface area contributed by atoms with Gasteiger partial charge in [-0.3, -0.25) is 0 Å². The van der Waals surface area contributed by atoms with Crippen molar-refractivity contribution < 1.29 is 14.4 Å². The highest BCUT2D eigenvalue weighted by Crippen LogP contribution is 2.41. The summed E-state index contributed by atoms with van der Waals surface area (Å²) in [6.45, 7) is 5.52. The van der Waals surface area contributed by atoms with E-state index in [0.29, 0.717) is 31.3 Å². The Bertz CT molecular complexity index is 468. The first-order valence-electron chi connectivity index (χ1n) is 8.02. The Balaban J connectivity index is 1.79. The Morgan fingerprint density at radius 2 is 2.19 bits per heavy atom. The van der Waals surface area contributed by atoms with Gasteiger partial charge in [0.25, 0.3) is 0 Å². The number of aliphatic hydroxyl groups excluding tert-OH is 1. The number of hydrogen-bond donors (Lipinski definition) is 2. The van der Waals surface area contributed by atoms with Crippen molar-refractivity contribution in [3.05, 3.63) is 11.7 Å². The average molecular weight is 295 g/mol. The van der Waals surface area contributed by atoms with Gasteiger partial charge in [-0.15, -0.1) is 0 Å². The molecule has 3 rings (SSSR count). The molecule has 1 saturated carbocycles. The minimum Gasteiger partial charge on any atom is -0.392 e. The lowest BCUT2D eigenvalue weighted by atomic mass is 9.79. The Labute approximate surface area is 125 Å². The molecule has 6 nitrogen and oxygen atoms in total. The van der Waals surface area contributed by atoms with Gasteiger partial charge < -0.3 is 19.7 Å². The van der Waals surface area contributed by atoms with E-state index >= 15 is 0 Å². The van der Waals surface area contributed by atoms with E-state index in [0.717, 1.165) is 31.6 Å². The molecule has 0 radical (unpaired) electrons. The molecule has 1 saturated heterocycles. The zero-order valence-corrected chi connectivity index (χ0v) is 12.8. The van der Waals surface area contributed by atoms with Gasteiger partial charge in [-0.1, -0.05) is 12.1 Å². The predicted molar refractivity (Wildman–Crippen MR) is 76.6 cm³/mol. The number of aliphatic hydroxyl groups is 1. The monoisotopic (exact) mass is 295 g/mol. The second kappa shape index (κ2) is 6.02. The molecule has 2 atom stereocenters. The Hall–Kier alpha value is -0.980. The fourth-order valence-electron chi connectivity index (χ4n) is 3.40. The van der Waals surface area contributed by atoms with Crippen LogP contribution in [0.15, 0.2) is 4.52 Å². The Morgan fingerprint density at radius 1 is 1.43 bits per heavy atom. The molecule has 0 spiro atoms. The van der Waals surface area contributed by atoms with Crippen LogP contribution in [0.5, 0.6) is 0 Å². The van der Waals surface area contributed by atoms with Crippen LogP contribution in [0, 0.1) is 5.92 Å². The first-order chi connectivity index (χ1) is 10.1. The largest absolute Gasteiger partial charge is 0.392 e. The minimum atomic E-state index is -0.389. The summed E-state index contributed by atoms with van der Waals surface area (Å²) >= 11 is 0. The van der Waals surface area contributed by atoms with Crippen LogP contribution in [-0.4, -0.2) is 34.5 Å². The molecule has 2 unspecified atom stereocenters. The van der Waals surface area contributed by atoms with E-state index in [1.807, 2.05) is 6.92 Å². The van der Waals surface area contributed by atoms with Crippen molar-refractivity contribution in [1.82, 2.24) is 15.5 Å². The van der Waals surface area contributed by atoms with Crippen LogP contribution in [0.3, 0.4) is 0 Å². The van der Waals surface area contributed by atoms with Gasteiger partial charge >= 0.3 is 0 Å². The molecule has 118 valence electrons. The first kappa shape index (κ1) is 14.9. The zero-order chi connectivity index (χ0) is 14.9. The van der Waals surface area contributed by atoms with Crippen LogP contribution in [0.2, 0.25) is 0 Å². The molecule has 1 aliphatic carbocycles. The Morgan fingerprint density at radius 3 is 2.81 bits per heavy atom. The van der Waals surface area contributed by atoms with Crippen molar-refractivity contribution in [2.24, 2.45) is 5.92 Å². The highest BCUT2D eigenvalue weighted by Gasteiger charge is 2.41. The minimum absolute atomic E-state index is 0.0394. The van der Waals surface area contributed by atoms with Gasteiger partial charge in [0.15, 0.2) is 0 Å². The van der Waals surface area contributed by atoms with E-state index in [1.165, 1.54) is 0 Å². The van der Waals surface area contributed by atoms with Crippen molar-refractivity contribution in [3.63, 3.8) is 0 Å². The van der Waals surface area contributed by atoms with E-state index in [-0.39, 0.29) is 17.7 Å². The van der Waals surface area contributed by atoms with Gasteiger partial charge in [-0.05, 0) is 44.9 Å². The van der Waals surface area contributed by atoms with Crippen LogP contribution < -0.4 is 5.32 Å². The molecule has 2 fully saturated rings. The number of rotatable bonds is 4. The summed E-state index contributed by atoms with van der Waals surface area (Å²) in [7, 11) is 0. The number of aromatic nitrogens is 2. The van der Waals surface area contributed by atoms with Crippen LogP contribution in [0.4, 0.5) is 0 Å². The molecule has 6 heteroatoms. The summed E-state index contributed by atoms with van der Waals surface area (Å²) in [4.78, 5) is 4.59. The summed E-state index contributed by atoms with van der Waals surface area (Å²) in [5.41, 5.74) is -0.389. The molecule has 0 amide bonds. The molecule has 1 aromatic heterocycles. The molecule has 0 aromatic carbocycles. The number of nitrogens with one attached hydrogen (secondary N) is 1. The smallest absolute Gasteiger partial charge is 0.243 e. The van der Waals surface area contributed by atoms with Gasteiger partial charge in [0.2, 0.25) is 11.7 Å². The van der Waals surface area contributed by atoms with Crippen molar-refractivity contribution in [2.75, 3.05) is 13.2 Å². The molecule has 0 bridgehead atoms. The maximum Gasteiger partial charge on any atom is 0.243 e. The lowest BCUT2D eigenvalue weighted by Crippen LogP contribution is -2.35. The SMILES string of the molecule is CCOC1(c2noc(C3CC(O)CN3)n2)CCC(C)CC1. The average Bonchev–Trinajstić information content (AvgIpc) is 3.11. The summed E-state index contributed by atoms with van der Waals surface area (Å²) < 4.78 is 11.5. The third kappa shape index (κ3) is 2.98. The van der Waals surface area contributed by atoms with Crippen LogP contribution in [0.25, 0.3) is 0 Å². The summed E-state index contributed by atoms with van der Waals surface area (Å²) in [5, 5.41) is 17.0. The predicted octanol–water partition coefficient (Wildman–Crippen LogP) is 1.91. The van der Waals surface area contributed by atoms with Gasteiger partial charge in [-0.25, -0.2) is 0 Å². The van der Waals surface area contributed by atoms with E-state index in [4.69, 9.17) is 9.26 Å². The topological polar surface area (TPSA) is 80.4 Å². The van der Waals surface area contributed by atoms with Crippen LogP contribution in [-0.2, 0) is 10.3 Å². The molecule has 2 N–H and O–H groups in total. The molecule has 2 heterocycles. The van der Waals surface area contributed by atoms with Crippen molar-refractivity contribution in [3.8, 4) is 0 Å². The van der Waals surface area contributed by atoms with Gasteiger partial charge in [0.05, 0.1) is 12.1 Å². The van der Waals surface area contributed by atoms with E-state index in [9.17, 15) is 5.11 Å². The molecule has 2 aliphatic rings. The standard InChI is InChI=1S/C15H25N3O3/c1-3-20-15(6-4-10(2)5-7-15)14-17-13(21-18-14)12-8-11(19)9-16-12/h10-12,16,19H,3-9H2,1-2H3. The molecule has 21 heavy (non-hydrogen) atoms. The van der Waals surface area contributed by atoms with Gasteiger partial charge in [0, 0.05) is 13.2 Å². The lowest BCUT2D eigenvalue weighted by Gasteiger charge is -2.36. The van der Waals surface area contributed by atoms with Crippen molar-refractivity contribution in [2.45, 2.75) is 63.7 Å². The second-order valence-corrected chi connectivity index (χ2v) is 6.42. The van der Waals surface area contributed by atoms with Gasteiger partial charge in [-0.2, -0.15) is 4.98 Å². The zero-order valence-electron chi connectivity index (χ0n) is 12.8. The van der Waals surface area contributed by atoms with Crippen molar-refractivity contribution in [1.29, 1.82) is 0 Å². The third-order valence-corrected chi connectivity index (χ3v) is 4.76. The highest BCUT2D eigenvalue weighted by molar-refractivity contribution is 5.06. The number of nitrogens with zero attached hydrogens (tertiary/aromatic N) is 2.